The lowest BCUT2D eigenvalue weighted by Crippen LogP contribution is -2.44. The Balaban J connectivity index is 1.72. The molecule has 1 aromatic carbocycles. The van der Waals surface area contributed by atoms with Gasteiger partial charge in [0.2, 0.25) is 0 Å². The lowest BCUT2D eigenvalue weighted by atomic mass is 10.0. The van der Waals surface area contributed by atoms with Crippen LogP contribution in [-0.2, 0) is 11.3 Å². The van der Waals surface area contributed by atoms with Crippen LogP contribution in [0.5, 0.6) is 0 Å². The molecule has 0 spiro atoms. The zero-order chi connectivity index (χ0) is 23.1. The van der Waals surface area contributed by atoms with Crippen LogP contribution in [0.3, 0.4) is 0 Å². The van der Waals surface area contributed by atoms with Crippen LogP contribution in [0.15, 0.2) is 23.0 Å². The normalized spacial score (nSPS) is 16.1. The summed E-state index contributed by atoms with van der Waals surface area (Å²) >= 11 is 5.76. The minimum Gasteiger partial charge on any atom is -0.376 e. The summed E-state index contributed by atoms with van der Waals surface area (Å²) in [5.74, 6) is 0. The van der Waals surface area contributed by atoms with Crippen molar-refractivity contribution in [2.75, 3.05) is 39.3 Å². The van der Waals surface area contributed by atoms with Crippen LogP contribution < -0.4 is 10.9 Å². The molecule has 2 N–H and O–H groups in total. The third-order valence-corrected chi connectivity index (χ3v) is 6.86. The van der Waals surface area contributed by atoms with Crippen molar-refractivity contribution in [3.8, 4) is 0 Å². The van der Waals surface area contributed by atoms with Crippen LogP contribution in [0.4, 0.5) is 0 Å². The Labute approximate surface area is 197 Å². The second-order valence-corrected chi connectivity index (χ2v) is 9.16. The van der Waals surface area contributed by atoms with E-state index in [0.29, 0.717) is 18.2 Å². The van der Waals surface area contributed by atoms with E-state index in [-0.39, 0.29) is 11.7 Å². The van der Waals surface area contributed by atoms with Crippen LogP contribution in [0.2, 0.25) is 0 Å². The summed E-state index contributed by atoms with van der Waals surface area (Å²) in [7, 11) is 0. The van der Waals surface area contributed by atoms with Crippen molar-refractivity contribution < 1.29 is 4.74 Å². The Morgan fingerprint density at radius 2 is 1.97 bits per heavy atom. The van der Waals surface area contributed by atoms with Gasteiger partial charge >= 0.3 is 0 Å². The number of hydrogen-bond donors (Lipinski definition) is 2. The van der Waals surface area contributed by atoms with Gasteiger partial charge in [-0.25, -0.2) is 0 Å². The van der Waals surface area contributed by atoms with Crippen LogP contribution >= 0.6 is 12.2 Å². The number of fused-ring (bicyclic) bond motifs is 1. The van der Waals surface area contributed by atoms with Crippen molar-refractivity contribution in [1.82, 2.24) is 20.1 Å². The van der Waals surface area contributed by atoms with Crippen LogP contribution in [0.25, 0.3) is 10.9 Å². The molecule has 1 aliphatic heterocycles. The SMILES string of the molecule is CCN(CC)CCCNC(=S)N(Cc1cc2cc(C)c(C)cc2[nH]c1=O)CC1CCCO1. The molecule has 176 valence electrons. The highest BCUT2D eigenvalue weighted by molar-refractivity contribution is 7.80. The molecule has 1 atom stereocenters. The minimum absolute atomic E-state index is 0.0533. The van der Waals surface area contributed by atoms with E-state index >= 15 is 0 Å². The smallest absolute Gasteiger partial charge is 0.253 e. The summed E-state index contributed by atoms with van der Waals surface area (Å²) < 4.78 is 5.87. The lowest BCUT2D eigenvalue weighted by Gasteiger charge is -2.28. The van der Waals surface area contributed by atoms with Crippen molar-refractivity contribution in [2.24, 2.45) is 0 Å². The van der Waals surface area contributed by atoms with Crippen molar-refractivity contribution in [1.29, 1.82) is 0 Å². The number of thiocarbonyl (C=S) groups is 1. The first-order valence-corrected chi connectivity index (χ1v) is 12.3. The van der Waals surface area contributed by atoms with Gasteiger partial charge in [-0.3, -0.25) is 4.79 Å². The van der Waals surface area contributed by atoms with Gasteiger partial charge < -0.3 is 24.8 Å². The number of hydrogen-bond acceptors (Lipinski definition) is 4. The number of aromatic nitrogens is 1. The molecule has 0 bridgehead atoms. The van der Waals surface area contributed by atoms with Crippen molar-refractivity contribution in [3.05, 3.63) is 45.2 Å². The summed E-state index contributed by atoms with van der Waals surface area (Å²) in [6.07, 6.45) is 3.31. The third kappa shape index (κ3) is 6.53. The van der Waals surface area contributed by atoms with Crippen molar-refractivity contribution in [3.63, 3.8) is 0 Å². The van der Waals surface area contributed by atoms with E-state index in [2.05, 4.69) is 53.9 Å². The quantitative estimate of drug-likeness (QED) is 0.418. The highest BCUT2D eigenvalue weighted by atomic mass is 32.1. The molecule has 0 radical (unpaired) electrons. The van der Waals surface area contributed by atoms with Gasteiger partial charge in [0.05, 0.1) is 12.6 Å². The summed E-state index contributed by atoms with van der Waals surface area (Å²) in [6.45, 7) is 14.5. The van der Waals surface area contributed by atoms with Crippen molar-refractivity contribution >= 4 is 28.2 Å². The second-order valence-electron chi connectivity index (χ2n) is 8.78. The molecule has 3 rings (SSSR count). The molecule has 7 heteroatoms. The summed E-state index contributed by atoms with van der Waals surface area (Å²) in [6, 6.07) is 6.19. The van der Waals surface area contributed by atoms with E-state index in [1.54, 1.807) is 0 Å². The van der Waals surface area contributed by atoms with Gasteiger partial charge in [0.25, 0.3) is 5.56 Å². The van der Waals surface area contributed by atoms with Crippen LogP contribution in [-0.4, -0.2) is 65.3 Å². The molecule has 0 amide bonds. The van der Waals surface area contributed by atoms with E-state index in [4.69, 9.17) is 17.0 Å². The lowest BCUT2D eigenvalue weighted by molar-refractivity contribution is 0.0896. The number of ether oxygens (including phenoxy) is 1. The molecule has 2 heterocycles. The van der Waals surface area contributed by atoms with Crippen molar-refractivity contribution in [2.45, 2.75) is 59.6 Å². The van der Waals surface area contributed by atoms with Gasteiger partial charge in [-0.1, -0.05) is 13.8 Å². The molecule has 1 unspecified atom stereocenters. The number of H-pyrrole nitrogens is 1. The maximum Gasteiger partial charge on any atom is 0.253 e. The predicted octanol–water partition coefficient (Wildman–Crippen LogP) is 3.73. The minimum atomic E-state index is -0.0533. The number of benzene rings is 1. The number of nitrogens with one attached hydrogen (secondary N) is 2. The number of aromatic amines is 1. The average molecular weight is 459 g/mol. The molecule has 0 aliphatic carbocycles. The van der Waals surface area contributed by atoms with Crippen LogP contribution in [0, 0.1) is 13.8 Å². The number of nitrogens with zero attached hydrogens (tertiary/aromatic N) is 2. The van der Waals surface area contributed by atoms with Gasteiger partial charge in [-0.2, -0.15) is 0 Å². The molecule has 1 aliphatic rings. The highest BCUT2D eigenvalue weighted by Crippen LogP contribution is 2.19. The summed E-state index contributed by atoms with van der Waals surface area (Å²) in [5, 5.41) is 5.16. The van der Waals surface area contributed by atoms with E-state index in [9.17, 15) is 4.79 Å². The maximum atomic E-state index is 12.8. The predicted molar refractivity (Wildman–Crippen MR) is 136 cm³/mol. The Morgan fingerprint density at radius 3 is 2.66 bits per heavy atom. The van der Waals surface area contributed by atoms with E-state index in [1.807, 2.05) is 12.1 Å². The van der Waals surface area contributed by atoms with Gasteiger partial charge in [-0.05, 0) is 99.7 Å². The first-order chi connectivity index (χ1) is 15.4. The molecule has 32 heavy (non-hydrogen) atoms. The fourth-order valence-electron chi connectivity index (χ4n) is 4.25. The topological polar surface area (TPSA) is 60.6 Å². The molecule has 1 fully saturated rings. The third-order valence-electron chi connectivity index (χ3n) is 6.45. The van der Waals surface area contributed by atoms with E-state index < -0.39 is 0 Å². The van der Waals surface area contributed by atoms with E-state index in [0.717, 1.165) is 68.5 Å². The van der Waals surface area contributed by atoms with E-state index in [1.165, 1.54) is 11.1 Å². The number of aryl methyl sites for hydroxylation is 2. The molecular weight excluding hydrogens is 420 g/mol. The number of rotatable bonds is 10. The van der Waals surface area contributed by atoms with Crippen LogP contribution in [0.1, 0.15) is 49.8 Å². The monoisotopic (exact) mass is 458 g/mol. The molecule has 1 saturated heterocycles. The highest BCUT2D eigenvalue weighted by Gasteiger charge is 2.22. The average Bonchev–Trinajstić information content (AvgIpc) is 3.28. The molecular formula is C25H38N4O2S. The van der Waals surface area contributed by atoms with Gasteiger partial charge in [0.1, 0.15) is 0 Å². The maximum absolute atomic E-state index is 12.8. The van der Waals surface area contributed by atoms with Gasteiger partial charge in [0.15, 0.2) is 5.11 Å². The fourth-order valence-corrected chi connectivity index (χ4v) is 4.49. The second kappa shape index (κ2) is 11.8. The molecule has 1 aromatic heterocycles. The Kier molecular flexibility index (Phi) is 9.08. The number of pyridine rings is 1. The Morgan fingerprint density at radius 1 is 1.22 bits per heavy atom. The molecule has 2 aromatic rings. The first-order valence-electron chi connectivity index (χ1n) is 11.9. The summed E-state index contributed by atoms with van der Waals surface area (Å²) in [4.78, 5) is 20.4. The zero-order valence-electron chi connectivity index (χ0n) is 20.0. The fraction of sp³-hybridized carbons (Fsp3) is 0.600. The standard InChI is InChI=1S/C25H38N4O2S/c1-5-28(6-2)11-8-10-26-25(32)29(17-22-9-7-12-31-22)16-21-15-20-13-18(3)19(4)14-23(20)27-24(21)30/h13-15,22H,5-12,16-17H2,1-4H3,(H,26,32)(H,27,30). The zero-order valence-corrected chi connectivity index (χ0v) is 20.8. The largest absolute Gasteiger partial charge is 0.376 e. The van der Waals surface area contributed by atoms with Gasteiger partial charge in [-0.15, -0.1) is 0 Å². The molecule has 6 nitrogen and oxygen atoms in total. The molecule has 0 saturated carbocycles. The first kappa shape index (κ1) is 24.7. The summed E-state index contributed by atoms with van der Waals surface area (Å²) in [5.41, 5.74) is 3.95. The van der Waals surface area contributed by atoms with Gasteiger partial charge in [0, 0.05) is 30.8 Å². The Bertz CT molecular complexity index is 964. The Hall–Kier alpha value is -1.96.